The molecule has 0 aliphatic carbocycles. The fourth-order valence-corrected chi connectivity index (χ4v) is 5.76. The molecule has 1 aliphatic heterocycles. The number of thiazole rings is 1. The van der Waals surface area contributed by atoms with Gasteiger partial charge in [-0.05, 0) is 62.6 Å². The molecule has 1 fully saturated rings. The number of hydrogen-bond donors (Lipinski definition) is 1. The van der Waals surface area contributed by atoms with Crippen molar-refractivity contribution in [3.05, 3.63) is 94.1 Å². The monoisotopic (exact) mass is 498 g/mol. The number of aryl methyl sites for hydroxylation is 3. The molecule has 36 heavy (non-hydrogen) atoms. The predicted molar refractivity (Wildman–Crippen MR) is 143 cm³/mol. The first-order valence-corrected chi connectivity index (χ1v) is 12.6. The van der Waals surface area contributed by atoms with Crippen LogP contribution in [-0.2, 0) is 9.59 Å². The summed E-state index contributed by atoms with van der Waals surface area (Å²) in [5.41, 5.74) is 5.12. The topological polar surface area (TPSA) is 79.7 Å². The Hall–Kier alpha value is -3.97. The van der Waals surface area contributed by atoms with Gasteiger partial charge in [0.1, 0.15) is 11.5 Å². The highest BCUT2D eigenvalue weighted by molar-refractivity contribution is 7.22. The number of benzene rings is 3. The standard InChI is InChI=1S/C29H26N2O4S/c1-5-35-21-12-10-19(11-13-21)25-23(26(32)20-8-6-16(2)7-9-20)27(33)28(34)31(25)29-30-24-18(4)14-17(3)15-22(24)36-29/h6-15,25,32H,5H2,1-4H3/b26-23+. The first-order valence-electron chi connectivity index (χ1n) is 11.8. The van der Waals surface area contributed by atoms with E-state index in [2.05, 4.69) is 0 Å². The first-order chi connectivity index (χ1) is 17.3. The Morgan fingerprint density at radius 2 is 1.69 bits per heavy atom. The van der Waals surface area contributed by atoms with Crippen molar-refractivity contribution in [2.24, 2.45) is 0 Å². The van der Waals surface area contributed by atoms with Gasteiger partial charge in [-0.1, -0.05) is 59.4 Å². The third-order valence-corrected chi connectivity index (χ3v) is 7.30. The summed E-state index contributed by atoms with van der Waals surface area (Å²) in [6.45, 7) is 8.37. The summed E-state index contributed by atoms with van der Waals surface area (Å²) >= 11 is 1.36. The lowest BCUT2D eigenvalue weighted by Crippen LogP contribution is -2.29. The number of amides is 1. The molecular weight excluding hydrogens is 472 g/mol. The SMILES string of the molecule is CCOc1ccc(C2/C(=C(\O)c3ccc(C)cc3)C(=O)C(=O)N2c2nc3c(C)cc(C)cc3s2)cc1. The molecule has 0 bridgehead atoms. The molecule has 1 amide bonds. The summed E-state index contributed by atoms with van der Waals surface area (Å²) in [6, 6.07) is 17.7. The van der Waals surface area contributed by atoms with Gasteiger partial charge in [0.2, 0.25) is 0 Å². The van der Waals surface area contributed by atoms with E-state index in [-0.39, 0.29) is 11.3 Å². The number of nitrogens with zero attached hydrogens (tertiary/aromatic N) is 2. The highest BCUT2D eigenvalue weighted by Gasteiger charge is 2.48. The molecule has 1 aliphatic rings. The maximum atomic E-state index is 13.5. The lowest BCUT2D eigenvalue weighted by atomic mass is 9.95. The van der Waals surface area contributed by atoms with Crippen molar-refractivity contribution in [3.8, 4) is 5.75 Å². The Morgan fingerprint density at radius 1 is 1.00 bits per heavy atom. The molecule has 1 saturated heterocycles. The summed E-state index contributed by atoms with van der Waals surface area (Å²) in [5.74, 6) is -0.971. The summed E-state index contributed by atoms with van der Waals surface area (Å²) in [4.78, 5) is 33.0. The zero-order chi connectivity index (χ0) is 25.6. The van der Waals surface area contributed by atoms with E-state index < -0.39 is 17.7 Å². The fourth-order valence-electron chi connectivity index (χ4n) is 4.59. The molecule has 4 aromatic rings. The van der Waals surface area contributed by atoms with Crippen LogP contribution in [0, 0.1) is 20.8 Å². The Labute approximate surface area is 213 Å². The number of rotatable bonds is 5. The van der Waals surface area contributed by atoms with Gasteiger partial charge in [-0.15, -0.1) is 0 Å². The van der Waals surface area contributed by atoms with Crippen LogP contribution in [0.5, 0.6) is 5.75 Å². The van der Waals surface area contributed by atoms with Gasteiger partial charge in [0.05, 0.1) is 28.4 Å². The zero-order valence-electron chi connectivity index (χ0n) is 20.5. The van der Waals surface area contributed by atoms with Crippen molar-refractivity contribution in [2.75, 3.05) is 11.5 Å². The molecule has 1 atom stereocenters. The molecule has 7 heteroatoms. The second-order valence-electron chi connectivity index (χ2n) is 8.96. The summed E-state index contributed by atoms with van der Waals surface area (Å²) in [7, 11) is 0. The second-order valence-corrected chi connectivity index (χ2v) is 9.97. The summed E-state index contributed by atoms with van der Waals surface area (Å²) < 4.78 is 6.52. The quantitative estimate of drug-likeness (QED) is 0.200. The Bertz CT molecular complexity index is 1520. The maximum absolute atomic E-state index is 13.5. The minimum Gasteiger partial charge on any atom is -0.507 e. The van der Waals surface area contributed by atoms with E-state index in [1.54, 1.807) is 24.3 Å². The number of carbonyl (C=O) groups is 2. The lowest BCUT2D eigenvalue weighted by molar-refractivity contribution is -0.132. The molecule has 182 valence electrons. The number of Topliss-reactive ketones (excluding diaryl/α,β-unsaturated/α-hetero) is 1. The number of ketones is 1. The summed E-state index contributed by atoms with van der Waals surface area (Å²) in [5, 5.41) is 11.7. The molecule has 1 aromatic heterocycles. The molecular formula is C29H26N2O4S. The van der Waals surface area contributed by atoms with E-state index in [0.29, 0.717) is 28.6 Å². The molecule has 1 unspecified atom stereocenters. The minimum absolute atomic E-state index is 0.0418. The Balaban J connectivity index is 1.71. The van der Waals surface area contributed by atoms with E-state index in [1.807, 2.05) is 64.1 Å². The van der Waals surface area contributed by atoms with Gasteiger partial charge in [0.15, 0.2) is 5.13 Å². The smallest absolute Gasteiger partial charge is 0.301 e. The zero-order valence-corrected chi connectivity index (χ0v) is 21.3. The molecule has 5 rings (SSSR count). The molecule has 0 radical (unpaired) electrons. The van der Waals surface area contributed by atoms with Crippen molar-refractivity contribution in [1.29, 1.82) is 0 Å². The van der Waals surface area contributed by atoms with Crippen molar-refractivity contribution in [2.45, 2.75) is 33.7 Å². The molecule has 2 heterocycles. The Morgan fingerprint density at radius 3 is 2.36 bits per heavy atom. The van der Waals surface area contributed by atoms with Gasteiger partial charge in [0, 0.05) is 5.56 Å². The van der Waals surface area contributed by atoms with Crippen LogP contribution in [0.4, 0.5) is 5.13 Å². The van der Waals surface area contributed by atoms with Crippen LogP contribution in [0.25, 0.3) is 16.0 Å². The van der Waals surface area contributed by atoms with Gasteiger partial charge in [-0.25, -0.2) is 4.98 Å². The summed E-state index contributed by atoms with van der Waals surface area (Å²) in [6.07, 6.45) is 0. The fraction of sp³-hybridized carbons (Fsp3) is 0.207. The normalized spacial score (nSPS) is 17.2. The number of fused-ring (bicyclic) bond motifs is 1. The van der Waals surface area contributed by atoms with Crippen LogP contribution >= 0.6 is 11.3 Å². The second kappa shape index (κ2) is 9.24. The van der Waals surface area contributed by atoms with Gasteiger partial charge in [-0.2, -0.15) is 0 Å². The average Bonchev–Trinajstić information content (AvgIpc) is 3.38. The van der Waals surface area contributed by atoms with E-state index in [0.717, 1.165) is 26.9 Å². The molecule has 0 spiro atoms. The minimum atomic E-state index is -0.830. The number of hydrogen-bond acceptors (Lipinski definition) is 6. The van der Waals surface area contributed by atoms with E-state index in [4.69, 9.17) is 9.72 Å². The predicted octanol–water partition coefficient (Wildman–Crippen LogP) is 6.25. The van der Waals surface area contributed by atoms with Crippen molar-refractivity contribution in [3.63, 3.8) is 0 Å². The highest BCUT2D eigenvalue weighted by atomic mass is 32.1. The van der Waals surface area contributed by atoms with Gasteiger partial charge < -0.3 is 9.84 Å². The van der Waals surface area contributed by atoms with Gasteiger partial charge in [-0.3, -0.25) is 14.5 Å². The largest absolute Gasteiger partial charge is 0.507 e. The van der Waals surface area contributed by atoms with Crippen molar-refractivity contribution >= 4 is 44.1 Å². The highest BCUT2D eigenvalue weighted by Crippen LogP contribution is 2.45. The van der Waals surface area contributed by atoms with E-state index in [9.17, 15) is 14.7 Å². The van der Waals surface area contributed by atoms with Crippen molar-refractivity contribution in [1.82, 2.24) is 4.98 Å². The van der Waals surface area contributed by atoms with Crippen LogP contribution in [0.1, 0.15) is 40.8 Å². The van der Waals surface area contributed by atoms with Crippen molar-refractivity contribution < 1.29 is 19.4 Å². The number of anilines is 1. The van der Waals surface area contributed by atoms with Crippen LogP contribution in [0.3, 0.4) is 0 Å². The third-order valence-electron chi connectivity index (χ3n) is 6.30. The Kier molecular flexibility index (Phi) is 6.10. The number of ether oxygens (including phenoxy) is 1. The molecule has 6 nitrogen and oxygen atoms in total. The van der Waals surface area contributed by atoms with Crippen LogP contribution in [0.2, 0.25) is 0 Å². The average molecular weight is 499 g/mol. The van der Waals surface area contributed by atoms with Gasteiger partial charge >= 0.3 is 5.91 Å². The third kappa shape index (κ3) is 4.05. The lowest BCUT2D eigenvalue weighted by Gasteiger charge is -2.23. The van der Waals surface area contributed by atoms with E-state index >= 15 is 0 Å². The molecule has 3 aromatic carbocycles. The van der Waals surface area contributed by atoms with Crippen LogP contribution in [0.15, 0.2) is 66.2 Å². The number of aliphatic hydroxyl groups excluding tert-OH is 1. The number of aliphatic hydroxyl groups is 1. The van der Waals surface area contributed by atoms with Gasteiger partial charge in [0.25, 0.3) is 5.78 Å². The maximum Gasteiger partial charge on any atom is 0.301 e. The van der Waals surface area contributed by atoms with Crippen LogP contribution in [-0.4, -0.2) is 28.4 Å². The van der Waals surface area contributed by atoms with Crippen LogP contribution < -0.4 is 9.64 Å². The number of aromatic nitrogens is 1. The molecule has 1 N–H and O–H groups in total. The first kappa shape index (κ1) is 23.8. The number of carbonyl (C=O) groups excluding carboxylic acids is 2. The molecule has 0 saturated carbocycles. The van der Waals surface area contributed by atoms with E-state index in [1.165, 1.54) is 16.2 Å².